The lowest BCUT2D eigenvalue weighted by Gasteiger charge is -2.03. The largest absolute Gasteiger partial charge is 0.370 e. The van der Waals surface area contributed by atoms with E-state index in [9.17, 15) is 0 Å². The highest BCUT2D eigenvalue weighted by molar-refractivity contribution is 5.42. The number of rotatable bonds is 2. The maximum Gasteiger partial charge on any atom is 0.128 e. The van der Waals surface area contributed by atoms with Crippen molar-refractivity contribution in [2.45, 2.75) is 27.7 Å². The second kappa shape index (κ2) is 6.65. The fourth-order valence-corrected chi connectivity index (χ4v) is 0.838. The molecule has 2 heteroatoms. The molecule has 0 aliphatic rings. The van der Waals surface area contributed by atoms with Crippen LogP contribution in [0.2, 0.25) is 0 Å². The lowest BCUT2D eigenvalue weighted by atomic mass is 10.3. The molecule has 1 aromatic rings. The summed E-state index contributed by atoms with van der Waals surface area (Å²) in [6.45, 7) is 9.04. The molecule has 0 fully saturated rings. The standard InChI is InChI=1S/C8H12N2.C2H6/c1-3-9-8-7(2)5-4-6-10-8;1-2/h4-6H,3H2,1-2H3,(H,9,10);1-2H3. The second-order valence-electron chi connectivity index (χ2n) is 2.20. The van der Waals surface area contributed by atoms with Crippen LogP contribution in [0.15, 0.2) is 18.3 Å². The van der Waals surface area contributed by atoms with Crippen molar-refractivity contribution in [3.8, 4) is 0 Å². The Hall–Kier alpha value is -1.05. The van der Waals surface area contributed by atoms with Crippen LogP contribution in [0, 0.1) is 6.92 Å². The van der Waals surface area contributed by atoms with Crippen LogP contribution in [-0.4, -0.2) is 11.5 Å². The normalized spacial score (nSPS) is 8.33. The highest BCUT2D eigenvalue weighted by Gasteiger charge is 1.92. The first-order valence-corrected chi connectivity index (χ1v) is 4.50. The number of hydrogen-bond acceptors (Lipinski definition) is 2. The third kappa shape index (κ3) is 3.37. The van der Waals surface area contributed by atoms with Crippen molar-refractivity contribution in [1.29, 1.82) is 0 Å². The number of nitrogens with zero attached hydrogens (tertiary/aromatic N) is 1. The van der Waals surface area contributed by atoms with E-state index in [0.717, 1.165) is 12.4 Å². The van der Waals surface area contributed by atoms with E-state index in [-0.39, 0.29) is 0 Å². The van der Waals surface area contributed by atoms with Crippen molar-refractivity contribution in [1.82, 2.24) is 4.98 Å². The summed E-state index contributed by atoms with van der Waals surface area (Å²) in [7, 11) is 0. The van der Waals surface area contributed by atoms with Gasteiger partial charge in [0.2, 0.25) is 0 Å². The van der Waals surface area contributed by atoms with Crippen LogP contribution in [0.4, 0.5) is 5.82 Å². The predicted molar refractivity (Wildman–Crippen MR) is 54.5 cm³/mol. The molecule has 0 saturated carbocycles. The van der Waals surface area contributed by atoms with Crippen molar-refractivity contribution >= 4 is 5.82 Å². The smallest absolute Gasteiger partial charge is 0.128 e. The molecule has 1 aromatic heterocycles. The fraction of sp³-hybridized carbons (Fsp3) is 0.500. The van der Waals surface area contributed by atoms with Crippen molar-refractivity contribution in [2.75, 3.05) is 11.9 Å². The van der Waals surface area contributed by atoms with Crippen LogP contribution >= 0.6 is 0 Å². The predicted octanol–water partition coefficient (Wildman–Crippen LogP) is 2.85. The third-order valence-electron chi connectivity index (χ3n) is 1.35. The number of nitrogens with one attached hydrogen (secondary N) is 1. The Morgan fingerprint density at radius 2 is 2.08 bits per heavy atom. The number of aromatic nitrogens is 1. The maximum absolute atomic E-state index is 4.16. The van der Waals surface area contributed by atoms with Crippen LogP contribution in [0.5, 0.6) is 0 Å². The van der Waals surface area contributed by atoms with E-state index in [4.69, 9.17) is 0 Å². The van der Waals surface area contributed by atoms with Crippen molar-refractivity contribution in [3.63, 3.8) is 0 Å². The van der Waals surface area contributed by atoms with E-state index in [2.05, 4.69) is 17.2 Å². The minimum Gasteiger partial charge on any atom is -0.370 e. The molecule has 0 bridgehead atoms. The van der Waals surface area contributed by atoms with Gasteiger partial charge in [-0.25, -0.2) is 4.98 Å². The summed E-state index contributed by atoms with van der Waals surface area (Å²) < 4.78 is 0. The molecule has 0 aromatic carbocycles. The molecule has 1 heterocycles. The molecule has 0 unspecified atom stereocenters. The van der Waals surface area contributed by atoms with Gasteiger partial charge in [0, 0.05) is 12.7 Å². The molecule has 0 atom stereocenters. The molecule has 2 nitrogen and oxygen atoms in total. The van der Waals surface area contributed by atoms with Gasteiger partial charge in [0.05, 0.1) is 0 Å². The Morgan fingerprint density at radius 1 is 1.42 bits per heavy atom. The van der Waals surface area contributed by atoms with Crippen LogP contribution in [0.25, 0.3) is 0 Å². The number of hydrogen-bond donors (Lipinski definition) is 1. The van der Waals surface area contributed by atoms with Crippen LogP contribution in [0.1, 0.15) is 26.3 Å². The van der Waals surface area contributed by atoms with Crippen LogP contribution in [-0.2, 0) is 0 Å². The van der Waals surface area contributed by atoms with E-state index in [1.165, 1.54) is 5.56 Å². The molecule has 0 spiro atoms. The van der Waals surface area contributed by atoms with Gasteiger partial charge in [0.25, 0.3) is 0 Å². The molecule has 68 valence electrons. The number of pyridine rings is 1. The third-order valence-corrected chi connectivity index (χ3v) is 1.35. The molecular formula is C10H18N2. The molecule has 0 aliphatic carbocycles. The number of anilines is 1. The topological polar surface area (TPSA) is 24.9 Å². The van der Waals surface area contributed by atoms with Gasteiger partial charge in [-0.3, -0.25) is 0 Å². The summed E-state index contributed by atoms with van der Waals surface area (Å²) in [5.74, 6) is 0.991. The highest BCUT2D eigenvalue weighted by Crippen LogP contribution is 2.07. The minimum absolute atomic E-state index is 0.928. The lowest BCUT2D eigenvalue weighted by Crippen LogP contribution is -2.00. The zero-order valence-corrected chi connectivity index (χ0v) is 8.39. The average molecular weight is 166 g/mol. The van der Waals surface area contributed by atoms with E-state index < -0.39 is 0 Å². The average Bonchev–Trinajstić information content (AvgIpc) is 2.13. The Balaban J connectivity index is 0.000000561. The lowest BCUT2D eigenvalue weighted by molar-refractivity contribution is 1.14. The second-order valence-corrected chi connectivity index (χ2v) is 2.20. The van der Waals surface area contributed by atoms with E-state index in [1.54, 1.807) is 6.20 Å². The molecule has 0 aliphatic heterocycles. The summed E-state index contributed by atoms with van der Waals surface area (Å²) in [5, 5.41) is 3.16. The van der Waals surface area contributed by atoms with Gasteiger partial charge >= 0.3 is 0 Å². The summed E-state index contributed by atoms with van der Waals surface area (Å²) in [4.78, 5) is 4.16. The monoisotopic (exact) mass is 166 g/mol. The molecule has 0 saturated heterocycles. The fourth-order valence-electron chi connectivity index (χ4n) is 0.838. The number of aryl methyl sites for hydroxylation is 1. The summed E-state index contributed by atoms with van der Waals surface area (Å²) in [6, 6.07) is 3.99. The van der Waals surface area contributed by atoms with Crippen LogP contribution < -0.4 is 5.32 Å². The van der Waals surface area contributed by atoms with Gasteiger partial charge in [0.1, 0.15) is 5.82 Å². The van der Waals surface area contributed by atoms with Crippen molar-refractivity contribution < 1.29 is 0 Å². The van der Waals surface area contributed by atoms with Gasteiger partial charge < -0.3 is 5.32 Å². The molecular weight excluding hydrogens is 148 g/mol. The summed E-state index contributed by atoms with van der Waals surface area (Å²) >= 11 is 0. The Morgan fingerprint density at radius 3 is 2.58 bits per heavy atom. The summed E-state index contributed by atoms with van der Waals surface area (Å²) in [5.41, 5.74) is 1.20. The Bertz CT molecular complexity index is 209. The van der Waals surface area contributed by atoms with Gasteiger partial charge in [-0.05, 0) is 25.5 Å². The quantitative estimate of drug-likeness (QED) is 0.730. The Kier molecular flexibility index (Phi) is 6.07. The van der Waals surface area contributed by atoms with E-state index in [1.807, 2.05) is 32.9 Å². The molecule has 1 N–H and O–H groups in total. The molecule has 0 radical (unpaired) electrons. The van der Waals surface area contributed by atoms with E-state index in [0.29, 0.717) is 0 Å². The zero-order chi connectivity index (χ0) is 9.40. The highest BCUT2D eigenvalue weighted by atomic mass is 15.0. The molecule has 1 rings (SSSR count). The molecule has 12 heavy (non-hydrogen) atoms. The van der Waals surface area contributed by atoms with Crippen LogP contribution in [0.3, 0.4) is 0 Å². The first kappa shape index (κ1) is 11.0. The van der Waals surface area contributed by atoms with Gasteiger partial charge in [-0.1, -0.05) is 19.9 Å². The first-order chi connectivity index (χ1) is 5.84. The SMILES string of the molecule is CC.CCNc1ncccc1C. The van der Waals surface area contributed by atoms with Gasteiger partial charge in [-0.15, -0.1) is 0 Å². The van der Waals surface area contributed by atoms with Crippen molar-refractivity contribution in [3.05, 3.63) is 23.9 Å². The summed E-state index contributed by atoms with van der Waals surface area (Å²) in [6.07, 6.45) is 1.80. The maximum atomic E-state index is 4.16. The van der Waals surface area contributed by atoms with Gasteiger partial charge in [-0.2, -0.15) is 0 Å². The van der Waals surface area contributed by atoms with Gasteiger partial charge in [0.15, 0.2) is 0 Å². The van der Waals surface area contributed by atoms with Crippen molar-refractivity contribution in [2.24, 2.45) is 0 Å². The zero-order valence-electron chi connectivity index (χ0n) is 8.39. The minimum atomic E-state index is 0.928. The molecule has 0 amide bonds. The first-order valence-electron chi connectivity index (χ1n) is 4.50. The van der Waals surface area contributed by atoms with E-state index >= 15 is 0 Å². The Labute approximate surface area is 75.0 Å².